The molecule has 174 valence electrons. The third-order valence-electron chi connectivity index (χ3n) is 5.88. The Hall–Kier alpha value is -3.62. The molecule has 0 bridgehead atoms. The number of nitrogens with zero attached hydrogens (tertiary/aromatic N) is 5. The first-order chi connectivity index (χ1) is 16.6. The van der Waals surface area contributed by atoms with Gasteiger partial charge in [-0.05, 0) is 55.1 Å². The summed E-state index contributed by atoms with van der Waals surface area (Å²) in [6, 6.07) is 16.6. The molecule has 8 nitrogen and oxygen atoms in total. The highest BCUT2D eigenvalue weighted by Gasteiger charge is 2.19. The highest BCUT2D eigenvalue weighted by molar-refractivity contribution is 6.30. The summed E-state index contributed by atoms with van der Waals surface area (Å²) in [4.78, 5) is 22.1. The van der Waals surface area contributed by atoms with E-state index in [0.29, 0.717) is 28.7 Å². The van der Waals surface area contributed by atoms with Gasteiger partial charge in [-0.1, -0.05) is 17.7 Å². The van der Waals surface area contributed by atoms with Gasteiger partial charge in [-0.25, -0.2) is 9.67 Å². The van der Waals surface area contributed by atoms with Crippen molar-refractivity contribution in [3.63, 3.8) is 0 Å². The number of pyridine rings is 1. The van der Waals surface area contributed by atoms with Gasteiger partial charge >= 0.3 is 0 Å². The highest BCUT2D eigenvalue weighted by Crippen LogP contribution is 2.25. The number of benzene rings is 1. The van der Waals surface area contributed by atoms with Crippen molar-refractivity contribution in [2.24, 2.45) is 0 Å². The molecule has 0 aliphatic carbocycles. The van der Waals surface area contributed by atoms with Gasteiger partial charge in [0.05, 0.1) is 12.0 Å². The smallest absolute Gasteiger partial charge is 0.272 e. The summed E-state index contributed by atoms with van der Waals surface area (Å²) in [6.45, 7) is 4.35. The lowest BCUT2D eigenvalue weighted by molar-refractivity contribution is 0.0945. The number of rotatable bonds is 6. The first-order valence-corrected chi connectivity index (χ1v) is 11.5. The van der Waals surface area contributed by atoms with Crippen LogP contribution in [-0.4, -0.2) is 58.8 Å². The fourth-order valence-electron chi connectivity index (χ4n) is 3.89. The van der Waals surface area contributed by atoms with Crippen molar-refractivity contribution in [2.75, 3.05) is 38.1 Å². The number of carbonyl (C=O) groups excluding carboxylic acids is 1. The summed E-state index contributed by atoms with van der Waals surface area (Å²) in [7, 11) is 2.13. The zero-order valence-electron chi connectivity index (χ0n) is 18.8. The van der Waals surface area contributed by atoms with Gasteiger partial charge in [-0.2, -0.15) is 5.10 Å². The second kappa shape index (κ2) is 9.70. The third-order valence-corrected chi connectivity index (χ3v) is 6.13. The Morgan fingerprint density at radius 3 is 2.56 bits per heavy atom. The van der Waals surface area contributed by atoms with Crippen LogP contribution in [0.2, 0.25) is 5.02 Å². The molecule has 1 fully saturated rings. The van der Waals surface area contributed by atoms with E-state index in [9.17, 15) is 4.79 Å². The summed E-state index contributed by atoms with van der Waals surface area (Å²) >= 11 is 6.03. The fraction of sp³-hybridized carbons (Fsp3) is 0.240. The Labute approximate surface area is 202 Å². The number of piperazine rings is 1. The van der Waals surface area contributed by atoms with Gasteiger partial charge in [0.2, 0.25) is 0 Å². The van der Waals surface area contributed by atoms with Crippen LogP contribution in [0.5, 0.6) is 0 Å². The van der Waals surface area contributed by atoms with E-state index in [1.807, 2.05) is 36.5 Å². The van der Waals surface area contributed by atoms with Gasteiger partial charge in [-0.3, -0.25) is 4.79 Å². The van der Waals surface area contributed by atoms with Crippen molar-refractivity contribution in [2.45, 2.75) is 6.54 Å². The summed E-state index contributed by atoms with van der Waals surface area (Å²) in [5, 5.41) is 8.10. The Balaban J connectivity index is 1.29. The van der Waals surface area contributed by atoms with Crippen molar-refractivity contribution in [3.05, 3.63) is 83.3 Å². The second-order valence-electron chi connectivity index (χ2n) is 8.28. The molecule has 1 aliphatic rings. The average molecular weight is 477 g/mol. The van der Waals surface area contributed by atoms with E-state index >= 15 is 0 Å². The molecule has 9 heteroatoms. The van der Waals surface area contributed by atoms with Gasteiger partial charge < -0.3 is 19.5 Å². The number of hydrogen-bond acceptors (Lipinski definition) is 6. The number of hydrogen-bond donors (Lipinski definition) is 1. The maximum Gasteiger partial charge on any atom is 0.272 e. The maximum absolute atomic E-state index is 12.9. The maximum atomic E-state index is 12.9. The number of halogens is 1. The molecule has 1 aromatic carbocycles. The monoisotopic (exact) mass is 476 g/mol. The van der Waals surface area contributed by atoms with Crippen LogP contribution in [0.25, 0.3) is 17.1 Å². The predicted octanol–water partition coefficient (Wildman–Crippen LogP) is 3.86. The van der Waals surface area contributed by atoms with Crippen LogP contribution in [0, 0.1) is 0 Å². The van der Waals surface area contributed by atoms with Crippen LogP contribution in [0.1, 0.15) is 16.1 Å². The molecule has 1 N–H and O–H groups in total. The molecule has 34 heavy (non-hydrogen) atoms. The van der Waals surface area contributed by atoms with Crippen molar-refractivity contribution >= 4 is 23.3 Å². The highest BCUT2D eigenvalue weighted by atomic mass is 35.5. The van der Waals surface area contributed by atoms with Crippen LogP contribution in [0.15, 0.2) is 71.5 Å². The lowest BCUT2D eigenvalue weighted by atomic mass is 10.2. The van der Waals surface area contributed by atoms with E-state index in [2.05, 4.69) is 32.2 Å². The Kier molecular flexibility index (Phi) is 6.33. The quantitative estimate of drug-likeness (QED) is 0.455. The van der Waals surface area contributed by atoms with Crippen molar-refractivity contribution in [3.8, 4) is 17.1 Å². The minimum atomic E-state index is -0.274. The first-order valence-electron chi connectivity index (χ1n) is 11.1. The minimum absolute atomic E-state index is 0.274. The van der Waals surface area contributed by atoms with Crippen LogP contribution in [-0.2, 0) is 6.54 Å². The second-order valence-corrected chi connectivity index (χ2v) is 8.71. The number of nitrogens with one attached hydrogen (secondary N) is 1. The Morgan fingerprint density at radius 1 is 1.09 bits per heavy atom. The van der Waals surface area contributed by atoms with E-state index in [1.165, 1.54) is 0 Å². The molecule has 5 rings (SSSR count). The van der Waals surface area contributed by atoms with Crippen LogP contribution >= 0.6 is 11.6 Å². The molecule has 4 heterocycles. The summed E-state index contributed by atoms with van der Waals surface area (Å²) in [6.07, 6.45) is 3.40. The van der Waals surface area contributed by atoms with Crippen molar-refractivity contribution < 1.29 is 9.21 Å². The van der Waals surface area contributed by atoms with Gasteiger partial charge in [0.1, 0.15) is 11.5 Å². The number of carbonyl (C=O) groups is 1. The summed E-state index contributed by atoms with van der Waals surface area (Å²) in [5.41, 5.74) is 2.67. The lowest BCUT2D eigenvalue weighted by Crippen LogP contribution is -2.44. The normalized spacial score (nSPS) is 14.4. The molecule has 3 aromatic heterocycles. The average Bonchev–Trinajstić information content (AvgIpc) is 3.54. The predicted molar refractivity (Wildman–Crippen MR) is 131 cm³/mol. The van der Waals surface area contributed by atoms with Gasteiger partial charge in [0.25, 0.3) is 5.91 Å². The van der Waals surface area contributed by atoms with Crippen molar-refractivity contribution in [1.29, 1.82) is 0 Å². The summed E-state index contributed by atoms with van der Waals surface area (Å²) in [5.74, 6) is 1.31. The zero-order chi connectivity index (χ0) is 23.5. The van der Waals surface area contributed by atoms with Gasteiger partial charge in [-0.15, -0.1) is 0 Å². The molecular formula is C25H25ClN6O2. The van der Waals surface area contributed by atoms with E-state index < -0.39 is 0 Å². The van der Waals surface area contributed by atoms with Crippen LogP contribution in [0.4, 0.5) is 5.82 Å². The molecule has 4 aromatic rings. The van der Waals surface area contributed by atoms with Crippen LogP contribution < -0.4 is 10.2 Å². The number of amides is 1. The molecule has 1 saturated heterocycles. The molecule has 0 spiro atoms. The molecule has 0 atom stereocenters. The van der Waals surface area contributed by atoms with E-state index in [-0.39, 0.29) is 5.91 Å². The molecule has 1 amide bonds. The molecule has 0 saturated carbocycles. The number of likely N-dealkylation sites (N-methyl/N-ethyl adjacent to an activating group) is 1. The van der Waals surface area contributed by atoms with Crippen LogP contribution in [0.3, 0.4) is 0 Å². The zero-order valence-corrected chi connectivity index (χ0v) is 19.6. The molecule has 0 unspecified atom stereocenters. The van der Waals surface area contributed by atoms with E-state index in [4.69, 9.17) is 16.0 Å². The lowest BCUT2D eigenvalue weighted by Gasteiger charge is -2.33. The molecule has 0 radical (unpaired) electrons. The SMILES string of the molecule is CN1CCN(c2ccc(CNC(=O)c3cc(-c4ccco4)n(-c4ccc(Cl)cc4)n3)cn2)CC1. The number of aromatic nitrogens is 3. The number of furan rings is 1. The minimum Gasteiger partial charge on any atom is -0.463 e. The molecular weight excluding hydrogens is 452 g/mol. The van der Waals surface area contributed by atoms with Crippen molar-refractivity contribution in [1.82, 2.24) is 25.0 Å². The molecule has 1 aliphatic heterocycles. The number of anilines is 1. The fourth-order valence-corrected chi connectivity index (χ4v) is 4.01. The summed E-state index contributed by atoms with van der Waals surface area (Å²) < 4.78 is 7.24. The third kappa shape index (κ3) is 4.83. The standard InChI is InChI=1S/C25H25ClN6O2/c1-30-10-12-31(13-11-30)24-9-4-18(16-27-24)17-28-25(33)21-15-22(23-3-2-14-34-23)32(29-21)20-7-5-19(26)6-8-20/h2-9,14-16H,10-13,17H2,1H3,(H,28,33). The van der Waals surface area contributed by atoms with Gasteiger partial charge in [0, 0.05) is 50.0 Å². The van der Waals surface area contributed by atoms with E-state index in [0.717, 1.165) is 43.2 Å². The first kappa shape index (κ1) is 22.2. The topological polar surface area (TPSA) is 79.4 Å². The van der Waals surface area contributed by atoms with Gasteiger partial charge in [0.15, 0.2) is 11.5 Å². The van der Waals surface area contributed by atoms with E-state index in [1.54, 1.807) is 35.2 Å². The largest absolute Gasteiger partial charge is 0.463 e. The Morgan fingerprint density at radius 2 is 1.88 bits per heavy atom. The Bertz CT molecular complexity index is 1240.